The van der Waals surface area contributed by atoms with E-state index in [-0.39, 0.29) is 11.9 Å². The van der Waals surface area contributed by atoms with Crippen LogP contribution in [0.25, 0.3) is 0 Å². The van der Waals surface area contributed by atoms with E-state index in [1.165, 1.54) is 0 Å². The summed E-state index contributed by atoms with van der Waals surface area (Å²) in [6.45, 7) is 0. The SMILES string of the molecule is COC1CCCC1=O. The maximum atomic E-state index is 10.7. The van der Waals surface area contributed by atoms with Crippen LogP contribution in [0.15, 0.2) is 0 Å². The number of methoxy groups -OCH3 is 1. The highest BCUT2D eigenvalue weighted by Crippen LogP contribution is 2.16. The Labute approximate surface area is 48.8 Å². The van der Waals surface area contributed by atoms with E-state index in [1.54, 1.807) is 7.11 Å². The number of carbonyl (C=O) groups excluding carboxylic acids is 1. The highest BCUT2D eigenvalue weighted by atomic mass is 16.5. The van der Waals surface area contributed by atoms with Crippen LogP contribution in [0, 0.1) is 0 Å². The van der Waals surface area contributed by atoms with Crippen molar-refractivity contribution in [2.24, 2.45) is 0 Å². The van der Waals surface area contributed by atoms with Gasteiger partial charge in [0.1, 0.15) is 6.10 Å². The Morgan fingerprint density at radius 3 is 2.75 bits per heavy atom. The average Bonchev–Trinajstić information content (AvgIpc) is 2.14. The summed E-state index contributed by atoms with van der Waals surface area (Å²) in [5, 5.41) is 0. The number of hydrogen-bond acceptors (Lipinski definition) is 2. The lowest BCUT2D eigenvalue weighted by atomic mass is 10.3. The third kappa shape index (κ3) is 0.892. The van der Waals surface area contributed by atoms with Crippen molar-refractivity contribution in [3.05, 3.63) is 0 Å². The summed E-state index contributed by atoms with van der Waals surface area (Å²) in [5.41, 5.74) is 0. The maximum Gasteiger partial charge on any atom is 0.161 e. The summed E-state index contributed by atoms with van der Waals surface area (Å²) < 4.78 is 4.87. The van der Waals surface area contributed by atoms with Crippen LogP contribution in [-0.4, -0.2) is 19.0 Å². The van der Waals surface area contributed by atoms with E-state index in [4.69, 9.17) is 4.74 Å². The number of Topliss-reactive ketones (excluding diaryl/α,β-unsaturated/α-hetero) is 1. The molecule has 0 N–H and O–H groups in total. The highest BCUT2D eigenvalue weighted by Gasteiger charge is 2.22. The minimum Gasteiger partial charge on any atom is -0.374 e. The van der Waals surface area contributed by atoms with E-state index in [0.29, 0.717) is 0 Å². The molecule has 1 rings (SSSR count). The normalized spacial score (nSPS) is 29.1. The Hall–Kier alpha value is -0.370. The molecule has 0 saturated heterocycles. The van der Waals surface area contributed by atoms with Gasteiger partial charge in [-0.15, -0.1) is 0 Å². The molecule has 1 atom stereocenters. The molecule has 8 heavy (non-hydrogen) atoms. The van der Waals surface area contributed by atoms with Crippen LogP contribution >= 0.6 is 0 Å². The van der Waals surface area contributed by atoms with Crippen molar-refractivity contribution in [3.8, 4) is 0 Å². The zero-order chi connectivity index (χ0) is 5.98. The van der Waals surface area contributed by atoms with Gasteiger partial charge in [0.2, 0.25) is 0 Å². The van der Waals surface area contributed by atoms with E-state index in [1.807, 2.05) is 0 Å². The third-order valence-corrected chi connectivity index (χ3v) is 1.53. The molecule has 0 aromatic carbocycles. The van der Waals surface area contributed by atoms with Gasteiger partial charge in [-0.1, -0.05) is 0 Å². The van der Waals surface area contributed by atoms with E-state index in [2.05, 4.69) is 0 Å². The fourth-order valence-electron chi connectivity index (χ4n) is 1.03. The first kappa shape index (κ1) is 5.76. The van der Waals surface area contributed by atoms with Crippen molar-refractivity contribution >= 4 is 5.78 Å². The Bertz CT molecular complexity index is 98.7. The van der Waals surface area contributed by atoms with Crippen molar-refractivity contribution in [1.82, 2.24) is 0 Å². The van der Waals surface area contributed by atoms with Crippen LogP contribution in [0.1, 0.15) is 19.3 Å². The molecule has 0 heterocycles. The monoisotopic (exact) mass is 114 g/mol. The summed E-state index contributed by atoms with van der Waals surface area (Å²) >= 11 is 0. The van der Waals surface area contributed by atoms with Crippen LogP contribution < -0.4 is 0 Å². The second-order valence-electron chi connectivity index (χ2n) is 2.08. The van der Waals surface area contributed by atoms with Crippen molar-refractivity contribution in [1.29, 1.82) is 0 Å². The molecule has 46 valence electrons. The van der Waals surface area contributed by atoms with Crippen molar-refractivity contribution in [3.63, 3.8) is 0 Å². The third-order valence-electron chi connectivity index (χ3n) is 1.53. The quantitative estimate of drug-likeness (QED) is 0.503. The first-order valence-corrected chi connectivity index (χ1v) is 2.90. The van der Waals surface area contributed by atoms with Gasteiger partial charge in [-0.3, -0.25) is 4.79 Å². The molecule has 1 unspecified atom stereocenters. The van der Waals surface area contributed by atoms with Crippen molar-refractivity contribution in [2.75, 3.05) is 7.11 Å². The molecular formula is C6H10O2. The standard InChI is InChI=1S/C6H10O2/c1-8-6-4-2-3-5(6)7/h6H,2-4H2,1H3. The van der Waals surface area contributed by atoms with Crippen LogP contribution in [0.3, 0.4) is 0 Å². The second kappa shape index (κ2) is 2.27. The molecule has 0 spiro atoms. The van der Waals surface area contributed by atoms with Gasteiger partial charge in [0.25, 0.3) is 0 Å². The lowest BCUT2D eigenvalue weighted by Gasteiger charge is -2.01. The molecule has 1 aliphatic carbocycles. The van der Waals surface area contributed by atoms with E-state index >= 15 is 0 Å². The minimum absolute atomic E-state index is 0.0741. The number of carbonyl (C=O) groups is 1. The summed E-state index contributed by atoms with van der Waals surface area (Å²) in [6.07, 6.45) is 2.58. The lowest BCUT2D eigenvalue weighted by Crippen LogP contribution is -2.14. The van der Waals surface area contributed by atoms with Gasteiger partial charge in [0.15, 0.2) is 5.78 Å². The molecule has 0 aliphatic heterocycles. The smallest absolute Gasteiger partial charge is 0.161 e. The second-order valence-corrected chi connectivity index (χ2v) is 2.08. The molecule has 2 nitrogen and oxygen atoms in total. The average molecular weight is 114 g/mol. The van der Waals surface area contributed by atoms with Crippen LogP contribution in [0.5, 0.6) is 0 Å². The van der Waals surface area contributed by atoms with Gasteiger partial charge in [-0.2, -0.15) is 0 Å². The Balaban J connectivity index is 2.42. The predicted octanol–water partition coefficient (Wildman–Crippen LogP) is 0.754. The van der Waals surface area contributed by atoms with E-state index in [0.717, 1.165) is 19.3 Å². The largest absolute Gasteiger partial charge is 0.374 e. The fraction of sp³-hybridized carbons (Fsp3) is 0.833. The Kier molecular flexibility index (Phi) is 1.63. The van der Waals surface area contributed by atoms with Gasteiger partial charge < -0.3 is 4.74 Å². The highest BCUT2D eigenvalue weighted by molar-refractivity contribution is 5.84. The molecule has 0 bridgehead atoms. The van der Waals surface area contributed by atoms with Crippen molar-refractivity contribution in [2.45, 2.75) is 25.4 Å². The topological polar surface area (TPSA) is 26.3 Å². The van der Waals surface area contributed by atoms with Crippen molar-refractivity contribution < 1.29 is 9.53 Å². The molecule has 1 saturated carbocycles. The molecule has 0 aromatic rings. The van der Waals surface area contributed by atoms with Gasteiger partial charge in [-0.25, -0.2) is 0 Å². The zero-order valence-electron chi connectivity index (χ0n) is 5.02. The molecule has 0 amide bonds. The van der Waals surface area contributed by atoms with Crippen LogP contribution in [-0.2, 0) is 9.53 Å². The minimum atomic E-state index is -0.0741. The predicted molar refractivity (Wildman–Crippen MR) is 29.7 cm³/mol. The van der Waals surface area contributed by atoms with Gasteiger partial charge in [0, 0.05) is 13.5 Å². The molecule has 1 aliphatic rings. The van der Waals surface area contributed by atoms with Gasteiger partial charge >= 0.3 is 0 Å². The number of ether oxygens (including phenoxy) is 1. The van der Waals surface area contributed by atoms with E-state index < -0.39 is 0 Å². The molecule has 0 aromatic heterocycles. The van der Waals surface area contributed by atoms with Gasteiger partial charge in [-0.05, 0) is 12.8 Å². The summed E-state index contributed by atoms with van der Waals surface area (Å²) in [6, 6.07) is 0. The first-order valence-electron chi connectivity index (χ1n) is 2.90. The Morgan fingerprint density at radius 2 is 2.50 bits per heavy atom. The molecule has 2 heteroatoms. The fourth-order valence-corrected chi connectivity index (χ4v) is 1.03. The zero-order valence-corrected chi connectivity index (χ0v) is 5.02. The maximum absolute atomic E-state index is 10.7. The first-order chi connectivity index (χ1) is 3.84. The molecular weight excluding hydrogens is 104 g/mol. The lowest BCUT2D eigenvalue weighted by molar-refractivity contribution is -0.125. The van der Waals surface area contributed by atoms with Crippen LogP contribution in [0.2, 0.25) is 0 Å². The van der Waals surface area contributed by atoms with Gasteiger partial charge in [0.05, 0.1) is 0 Å². The van der Waals surface area contributed by atoms with E-state index in [9.17, 15) is 4.79 Å². The van der Waals surface area contributed by atoms with Crippen LogP contribution in [0.4, 0.5) is 0 Å². The number of ketones is 1. The summed E-state index contributed by atoms with van der Waals surface area (Å²) in [4.78, 5) is 10.7. The summed E-state index contributed by atoms with van der Waals surface area (Å²) in [7, 11) is 1.59. The summed E-state index contributed by atoms with van der Waals surface area (Å²) in [5.74, 6) is 0.271. The number of rotatable bonds is 1. The number of hydrogen-bond donors (Lipinski definition) is 0. The molecule has 1 fully saturated rings. The molecule has 0 radical (unpaired) electrons. The Morgan fingerprint density at radius 1 is 1.75 bits per heavy atom.